The van der Waals surface area contributed by atoms with Crippen LogP contribution in [0.25, 0.3) is 4.96 Å². The summed E-state index contributed by atoms with van der Waals surface area (Å²) in [6.07, 6.45) is 3.91. The fourth-order valence-electron chi connectivity index (χ4n) is 3.26. The quantitative estimate of drug-likeness (QED) is 0.769. The molecule has 3 heterocycles. The van der Waals surface area contributed by atoms with Gasteiger partial charge >= 0.3 is 0 Å². The lowest BCUT2D eigenvalue weighted by molar-refractivity contribution is 0.0793. The molecule has 3 aromatic rings. The number of hydrogen-bond donors (Lipinski definition) is 1. The minimum atomic E-state index is -0.0728. The molecule has 4 rings (SSSR count). The molecule has 0 bridgehead atoms. The Bertz CT molecular complexity index is 1020. The fourth-order valence-corrected chi connectivity index (χ4v) is 4.00. The summed E-state index contributed by atoms with van der Waals surface area (Å²) >= 11 is 1.44. The van der Waals surface area contributed by atoms with Gasteiger partial charge in [0.05, 0.1) is 12.2 Å². The number of nitrogens with one attached hydrogen (secondary N) is 1. The highest BCUT2D eigenvalue weighted by atomic mass is 32.1. The number of rotatable bonds is 4. The summed E-state index contributed by atoms with van der Waals surface area (Å²) in [4.78, 5) is 31.6. The Hall–Kier alpha value is -2.67. The van der Waals surface area contributed by atoms with E-state index in [0.29, 0.717) is 17.2 Å². The van der Waals surface area contributed by atoms with E-state index in [2.05, 4.69) is 10.3 Å². The van der Waals surface area contributed by atoms with Crippen LogP contribution in [-0.4, -0.2) is 33.3 Å². The van der Waals surface area contributed by atoms with Gasteiger partial charge in [-0.05, 0) is 43.5 Å². The predicted octanol–water partition coefficient (Wildman–Crippen LogP) is 2.91. The molecule has 1 aliphatic heterocycles. The third-order valence-corrected chi connectivity index (χ3v) is 5.44. The highest BCUT2D eigenvalue weighted by molar-refractivity contribution is 7.15. The van der Waals surface area contributed by atoms with Crippen molar-refractivity contribution in [3.63, 3.8) is 0 Å². The molecule has 6 nitrogen and oxygen atoms in total. The number of nitrogens with zero attached hydrogens (tertiary/aromatic N) is 3. The monoisotopic (exact) mass is 368 g/mol. The molecule has 1 fully saturated rings. The van der Waals surface area contributed by atoms with E-state index < -0.39 is 0 Å². The van der Waals surface area contributed by atoms with E-state index in [-0.39, 0.29) is 11.5 Å². The maximum atomic E-state index is 12.5. The first-order chi connectivity index (χ1) is 12.6. The predicted molar refractivity (Wildman–Crippen MR) is 103 cm³/mol. The van der Waals surface area contributed by atoms with Crippen LogP contribution >= 0.6 is 11.3 Å². The number of aryl methyl sites for hydroxylation is 1. The van der Waals surface area contributed by atoms with Crippen molar-refractivity contribution in [2.75, 3.05) is 18.4 Å². The zero-order valence-electron chi connectivity index (χ0n) is 14.6. The van der Waals surface area contributed by atoms with E-state index in [4.69, 9.17) is 0 Å². The first kappa shape index (κ1) is 16.8. The lowest BCUT2D eigenvalue weighted by Crippen LogP contribution is -2.27. The first-order valence-corrected chi connectivity index (χ1v) is 9.59. The van der Waals surface area contributed by atoms with Crippen LogP contribution in [0, 0.1) is 6.92 Å². The fraction of sp³-hybridized carbons (Fsp3) is 0.316. The Labute approximate surface area is 155 Å². The molecule has 7 heteroatoms. The topological polar surface area (TPSA) is 66.7 Å². The third-order valence-electron chi connectivity index (χ3n) is 4.68. The van der Waals surface area contributed by atoms with Crippen molar-refractivity contribution in [1.82, 2.24) is 14.3 Å². The van der Waals surface area contributed by atoms with E-state index in [1.54, 1.807) is 12.3 Å². The van der Waals surface area contributed by atoms with E-state index in [0.717, 1.165) is 42.7 Å². The molecule has 0 spiro atoms. The molecular formula is C19H20N4O2S. The maximum Gasteiger partial charge on any atom is 0.258 e. The number of aromatic nitrogens is 2. The molecule has 1 N–H and O–H groups in total. The lowest BCUT2D eigenvalue weighted by Gasteiger charge is -2.16. The second-order valence-corrected chi connectivity index (χ2v) is 7.40. The van der Waals surface area contributed by atoms with Crippen molar-refractivity contribution in [3.05, 3.63) is 63.0 Å². The van der Waals surface area contributed by atoms with Crippen molar-refractivity contribution in [3.8, 4) is 0 Å². The van der Waals surface area contributed by atoms with E-state index >= 15 is 0 Å². The number of amides is 1. The van der Waals surface area contributed by atoms with Gasteiger partial charge in [-0.3, -0.25) is 14.0 Å². The molecule has 26 heavy (non-hydrogen) atoms. The summed E-state index contributed by atoms with van der Waals surface area (Å²) < 4.78 is 1.54. The molecule has 0 saturated carbocycles. The molecule has 1 amide bonds. The summed E-state index contributed by atoms with van der Waals surface area (Å²) in [6.45, 7) is 4.15. The number of anilines is 1. The smallest absolute Gasteiger partial charge is 0.258 e. The van der Waals surface area contributed by atoms with Gasteiger partial charge in [0, 0.05) is 42.0 Å². The number of carbonyl (C=O) groups excluding carboxylic acids is 1. The Morgan fingerprint density at radius 3 is 2.85 bits per heavy atom. The summed E-state index contributed by atoms with van der Waals surface area (Å²) in [5.41, 5.74) is 3.30. The van der Waals surface area contributed by atoms with E-state index in [1.807, 2.05) is 35.4 Å². The summed E-state index contributed by atoms with van der Waals surface area (Å²) in [5.74, 6) is 0.106. The Balaban J connectivity index is 1.49. The summed E-state index contributed by atoms with van der Waals surface area (Å²) in [7, 11) is 0. The van der Waals surface area contributed by atoms with Crippen LogP contribution < -0.4 is 10.9 Å². The van der Waals surface area contributed by atoms with Gasteiger partial charge in [-0.25, -0.2) is 4.98 Å². The third kappa shape index (κ3) is 3.22. The van der Waals surface area contributed by atoms with Gasteiger partial charge in [-0.15, -0.1) is 11.3 Å². The number of carbonyl (C=O) groups is 1. The summed E-state index contributed by atoms with van der Waals surface area (Å²) in [5, 5.41) is 5.17. The van der Waals surface area contributed by atoms with Crippen molar-refractivity contribution in [2.45, 2.75) is 26.3 Å². The van der Waals surface area contributed by atoms with Gasteiger partial charge in [0.15, 0.2) is 4.96 Å². The second-order valence-electron chi connectivity index (χ2n) is 6.52. The zero-order valence-corrected chi connectivity index (χ0v) is 15.4. The molecular weight excluding hydrogens is 348 g/mol. The van der Waals surface area contributed by atoms with Gasteiger partial charge in [-0.1, -0.05) is 0 Å². The largest absolute Gasteiger partial charge is 0.379 e. The summed E-state index contributed by atoms with van der Waals surface area (Å²) in [6, 6.07) is 7.26. The molecule has 0 aliphatic carbocycles. The highest BCUT2D eigenvalue weighted by Crippen LogP contribution is 2.20. The van der Waals surface area contributed by atoms with Crippen LogP contribution in [0.15, 0.2) is 40.6 Å². The van der Waals surface area contributed by atoms with Gasteiger partial charge < -0.3 is 10.2 Å². The van der Waals surface area contributed by atoms with Crippen molar-refractivity contribution >= 4 is 27.9 Å². The average Bonchev–Trinajstić information content (AvgIpc) is 3.31. The molecule has 1 aliphatic rings. The van der Waals surface area contributed by atoms with E-state index in [1.165, 1.54) is 15.7 Å². The van der Waals surface area contributed by atoms with Crippen LogP contribution in [0.5, 0.6) is 0 Å². The van der Waals surface area contributed by atoms with Gasteiger partial charge in [0.25, 0.3) is 11.5 Å². The van der Waals surface area contributed by atoms with Crippen molar-refractivity contribution < 1.29 is 4.79 Å². The number of thiazole rings is 1. The van der Waals surface area contributed by atoms with Crippen LogP contribution in [0.4, 0.5) is 5.69 Å². The van der Waals surface area contributed by atoms with Crippen LogP contribution in [0.2, 0.25) is 0 Å². The SMILES string of the molecule is Cc1cc(C(=O)N2CCCC2)ccc1NCc1cc(=O)n2ccsc2n1. The first-order valence-electron chi connectivity index (χ1n) is 8.71. The molecule has 2 aromatic heterocycles. The average molecular weight is 368 g/mol. The molecule has 1 aromatic carbocycles. The second kappa shape index (κ2) is 6.92. The molecule has 0 atom stereocenters. The Morgan fingerprint density at radius 1 is 1.27 bits per heavy atom. The molecule has 0 radical (unpaired) electrons. The Morgan fingerprint density at radius 2 is 2.08 bits per heavy atom. The molecule has 0 unspecified atom stereocenters. The number of fused-ring (bicyclic) bond motifs is 1. The van der Waals surface area contributed by atoms with Crippen LogP contribution in [0.1, 0.15) is 34.5 Å². The molecule has 1 saturated heterocycles. The van der Waals surface area contributed by atoms with Gasteiger partial charge in [0.1, 0.15) is 0 Å². The normalized spacial score (nSPS) is 14.1. The lowest BCUT2D eigenvalue weighted by atomic mass is 10.1. The maximum absolute atomic E-state index is 12.5. The number of hydrogen-bond acceptors (Lipinski definition) is 5. The molecule has 134 valence electrons. The van der Waals surface area contributed by atoms with Gasteiger partial charge in [-0.2, -0.15) is 0 Å². The van der Waals surface area contributed by atoms with Crippen molar-refractivity contribution in [1.29, 1.82) is 0 Å². The van der Waals surface area contributed by atoms with E-state index in [9.17, 15) is 9.59 Å². The number of benzene rings is 1. The Kier molecular flexibility index (Phi) is 4.46. The van der Waals surface area contributed by atoms with Gasteiger partial charge in [0.2, 0.25) is 0 Å². The zero-order chi connectivity index (χ0) is 18.1. The minimum absolute atomic E-state index is 0.0728. The standard InChI is InChI=1S/C19H20N4O2S/c1-13-10-14(18(25)22-6-2-3-7-22)4-5-16(13)20-12-15-11-17(24)23-8-9-26-19(23)21-15/h4-5,8-11,20H,2-3,6-7,12H2,1H3. The van der Waals surface area contributed by atoms with Crippen molar-refractivity contribution in [2.24, 2.45) is 0 Å². The minimum Gasteiger partial charge on any atom is -0.379 e. The highest BCUT2D eigenvalue weighted by Gasteiger charge is 2.19. The number of likely N-dealkylation sites (tertiary alicyclic amines) is 1. The van der Waals surface area contributed by atoms with Crippen LogP contribution in [-0.2, 0) is 6.54 Å². The van der Waals surface area contributed by atoms with Crippen LogP contribution in [0.3, 0.4) is 0 Å².